The number of benzene rings is 2. The molecule has 1 aromatic heterocycles. The summed E-state index contributed by atoms with van der Waals surface area (Å²) < 4.78 is 57.4. The predicted octanol–water partition coefficient (Wildman–Crippen LogP) is 3.66. The third kappa shape index (κ3) is 9.07. The lowest BCUT2D eigenvalue weighted by molar-refractivity contribution is -0.132. The molecule has 1 unspecified atom stereocenters. The van der Waals surface area contributed by atoms with E-state index in [4.69, 9.17) is 4.42 Å². The first kappa shape index (κ1) is 36.3. The number of carboxylic acid groups (broad SMARTS) is 2. The van der Waals surface area contributed by atoms with Gasteiger partial charge >= 0.3 is 11.9 Å². The number of sulfonamides is 2. The first-order valence-electron chi connectivity index (χ1n) is 15.0. The van der Waals surface area contributed by atoms with Gasteiger partial charge in [0.05, 0.1) is 42.2 Å². The first-order valence-corrected chi connectivity index (χ1v) is 18.8. The SMILES string of the molecule is CCC(CN=C1C=CC(=C(c2ccc(N(CC)CCNS(C)(=O)=O)cc2C(=O)O)c2coc3ccccc23)C(C(=O)O)=C1)NS(C)(=O)=O. The molecule has 0 saturated heterocycles. The molecule has 3 aromatic rings. The molecule has 1 heterocycles. The third-order valence-corrected chi connectivity index (χ3v) is 9.11. The van der Waals surface area contributed by atoms with Crippen LogP contribution >= 0.6 is 0 Å². The molecule has 48 heavy (non-hydrogen) atoms. The van der Waals surface area contributed by atoms with E-state index in [2.05, 4.69) is 14.4 Å². The minimum absolute atomic E-state index is 0.0726. The highest BCUT2D eigenvalue weighted by molar-refractivity contribution is 7.89. The van der Waals surface area contributed by atoms with Gasteiger partial charge in [-0.1, -0.05) is 37.3 Å². The van der Waals surface area contributed by atoms with E-state index >= 15 is 0 Å². The number of rotatable bonds is 15. The van der Waals surface area contributed by atoms with E-state index in [1.165, 1.54) is 18.4 Å². The summed E-state index contributed by atoms with van der Waals surface area (Å²) in [4.78, 5) is 31.9. The van der Waals surface area contributed by atoms with Gasteiger partial charge in [-0.3, -0.25) is 4.99 Å². The van der Waals surface area contributed by atoms with Gasteiger partial charge in [0.25, 0.3) is 0 Å². The number of carbonyl (C=O) groups is 2. The number of hydrogen-bond donors (Lipinski definition) is 4. The number of allylic oxidation sites excluding steroid dienone is 3. The molecule has 15 heteroatoms. The van der Waals surface area contributed by atoms with Gasteiger partial charge < -0.3 is 19.5 Å². The van der Waals surface area contributed by atoms with E-state index in [9.17, 15) is 36.6 Å². The number of anilines is 1. The molecule has 1 atom stereocenters. The number of likely N-dealkylation sites (N-methyl/N-ethyl adjacent to an activating group) is 1. The van der Waals surface area contributed by atoms with Crippen LogP contribution in [0.3, 0.4) is 0 Å². The highest BCUT2D eigenvalue weighted by Crippen LogP contribution is 2.40. The van der Waals surface area contributed by atoms with Crippen molar-refractivity contribution in [2.45, 2.75) is 26.3 Å². The second-order valence-corrected chi connectivity index (χ2v) is 14.8. The summed E-state index contributed by atoms with van der Waals surface area (Å²) >= 11 is 0. The van der Waals surface area contributed by atoms with Crippen LogP contribution in [0, 0.1) is 0 Å². The number of carboxylic acids is 2. The summed E-state index contributed by atoms with van der Waals surface area (Å²) in [6.45, 7) is 4.58. The zero-order valence-electron chi connectivity index (χ0n) is 26.9. The summed E-state index contributed by atoms with van der Waals surface area (Å²) in [5.74, 6) is -2.53. The first-order chi connectivity index (χ1) is 22.6. The number of hydrogen-bond acceptors (Lipinski definition) is 9. The van der Waals surface area contributed by atoms with Crippen LogP contribution in [0.25, 0.3) is 16.5 Å². The molecule has 0 aliphatic heterocycles. The minimum Gasteiger partial charge on any atom is -0.478 e. The average molecular weight is 699 g/mol. The minimum atomic E-state index is -3.48. The van der Waals surface area contributed by atoms with Crippen molar-refractivity contribution in [3.63, 3.8) is 0 Å². The maximum Gasteiger partial charge on any atom is 0.336 e. The molecule has 2 aromatic carbocycles. The van der Waals surface area contributed by atoms with Gasteiger partial charge in [-0.05, 0) is 54.8 Å². The van der Waals surface area contributed by atoms with Crippen LogP contribution in [0.2, 0.25) is 0 Å². The van der Waals surface area contributed by atoms with Crippen molar-refractivity contribution < 1.29 is 41.1 Å². The maximum absolute atomic E-state index is 12.8. The molecular weight excluding hydrogens is 661 g/mol. The van der Waals surface area contributed by atoms with E-state index < -0.39 is 38.0 Å². The van der Waals surface area contributed by atoms with Gasteiger partial charge in [0.1, 0.15) is 5.58 Å². The lowest BCUT2D eigenvalue weighted by Gasteiger charge is -2.25. The van der Waals surface area contributed by atoms with Crippen LogP contribution < -0.4 is 14.3 Å². The van der Waals surface area contributed by atoms with Gasteiger partial charge in [-0.15, -0.1) is 0 Å². The molecule has 0 radical (unpaired) electrons. The lowest BCUT2D eigenvalue weighted by Crippen LogP contribution is -2.35. The van der Waals surface area contributed by atoms with Gasteiger partial charge in [-0.25, -0.2) is 35.9 Å². The fraction of sp³-hybridized carbons (Fsp3) is 0.303. The Labute approximate surface area is 279 Å². The molecule has 0 bridgehead atoms. The average Bonchev–Trinajstić information content (AvgIpc) is 3.44. The number of nitrogens with one attached hydrogen (secondary N) is 2. The molecule has 0 spiro atoms. The maximum atomic E-state index is 12.8. The number of furan rings is 1. The molecule has 4 N–H and O–H groups in total. The number of fused-ring (bicyclic) bond motifs is 1. The van der Waals surface area contributed by atoms with Crippen molar-refractivity contribution in [1.29, 1.82) is 0 Å². The predicted molar refractivity (Wildman–Crippen MR) is 186 cm³/mol. The monoisotopic (exact) mass is 698 g/mol. The number of nitrogens with zero attached hydrogens (tertiary/aromatic N) is 2. The topological polar surface area (TPSA) is 196 Å². The molecule has 256 valence electrons. The fourth-order valence-corrected chi connectivity index (χ4v) is 6.67. The zero-order valence-corrected chi connectivity index (χ0v) is 28.6. The summed E-state index contributed by atoms with van der Waals surface area (Å²) in [6, 6.07) is 11.4. The number of para-hydroxylation sites is 1. The Morgan fingerprint density at radius 2 is 1.67 bits per heavy atom. The number of aliphatic imine (C=N–C) groups is 1. The summed E-state index contributed by atoms with van der Waals surface area (Å²) in [5, 5.41) is 21.5. The van der Waals surface area contributed by atoms with E-state index in [0.717, 1.165) is 12.5 Å². The van der Waals surface area contributed by atoms with Crippen molar-refractivity contribution in [3.8, 4) is 0 Å². The number of aromatic carboxylic acids is 1. The van der Waals surface area contributed by atoms with Gasteiger partial charge in [-0.2, -0.15) is 0 Å². The van der Waals surface area contributed by atoms with Crippen molar-refractivity contribution in [2.24, 2.45) is 4.99 Å². The Bertz CT molecular complexity index is 2060. The van der Waals surface area contributed by atoms with Crippen molar-refractivity contribution in [3.05, 3.63) is 94.8 Å². The highest BCUT2D eigenvalue weighted by Gasteiger charge is 2.27. The quantitative estimate of drug-likeness (QED) is 0.182. The molecule has 4 rings (SSSR count). The van der Waals surface area contributed by atoms with Crippen molar-refractivity contribution >= 4 is 59.9 Å². The second kappa shape index (κ2) is 15.1. The van der Waals surface area contributed by atoms with Crippen LogP contribution in [0.15, 0.2) is 87.5 Å². The van der Waals surface area contributed by atoms with Crippen LogP contribution in [-0.4, -0.2) is 89.4 Å². The lowest BCUT2D eigenvalue weighted by atomic mass is 9.84. The fourth-order valence-electron chi connectivity index (χ4n) is 5.36. The van der Waals surface area contributed by atoms with Crippen molar-refractivity contribution in [1.82, 2.24) is 9.44 Å². The van der Waals surface area contributed by atoms with E-state index in [0.29, 0.717) is 46.5 Å². The van der Waals surface area contributed by atoms with Crippen LogP contribution in [0.4, 0.5) is 5.69 Å². The van der Waals surface area contributed by atoms with Gasteiger partial charge in [0, 0.05) is 47.9 Å². The van der Waals surface area contributed by atoms with E-state index in [-0.39, 0.29) is 41.9 Å². The Kier molecular flexibility index (Phi) is 11.4. The molecule has 0 saturated carbocycles. The Morgan fingerprint density at radius 1 is 0.938 bits per heavy atom. The Balaban J connectivity index is 1.90. The summed E-state index contributed by atoms with van der Waals surface area (Å²) in [5.41, 5.74) is 2.33. The third-order valence-electron chi connectivity index (χ3n) is 7.62. The van der Waals surface area contributed by atoms with Crippen molar-refractivity contribution in [2.75, 3.05) is 43.6 Å². The van der Waals surface area contributed by atoms with Gasteiger partial charge in [0.15, 0.2) is 0 Å². The summed E-state index contributed by atoms with van der Waals surface area (Å²) in [7, 11) is -6.90. The second-order valence-electron chi connectivity index (χ2n) is 11.2. The Hall–Kier alpha value is -4.57. The molecule has 0 amide bonds. The van der Waals surface area contributed by atoms with E-state index in [1.807, 2.05) is 11.8 Å². The molecule has 1 aliphatic carbocycles. The van der Waals surface area contributed by atoms with E-state index in [1.54, 1.807) is 55.5 Å². The molecule has 13 nitrogen and oxygen atoms in total. The number of aliphatic carboxylic acids is 1. The normalized spacial score (nSPS) is 16.2. The van der Waals surface area contributed by atoms with Crippen LogP contribution in [0.5, 0.6) is 0 Å². The highest BCUT2D eigenvalue weighted by atomic mass is 32.2. The standard InChI is InChI=1S/C33H38N4O9S2/c1-5-21(36-48(4,44)45)19-34-22-11-13-25(27(17-22)32(38)39)31(29-20-46-30-10-8-7-9-24(29)30)26-14-12-23(18-28(26)33(40)41)37(6-2)16-15-35-47(3,42)43/h7-14,17-18,20-21,35-36H,5-6,15-16,19H2,1-4H3,(H,38,39)(H,40,41). The van der Waals surface area contributed by atoms with Crippen LogP contribution in [-0.2, 0) is 24.8 Å². The zero-order chi connectivity index (χ0) is 35.2. The van der Waals surface area contributed by atoms with Crippen LogP contribution in [0.1, 0.15) is 41.8 Å². The Morgan fingerprint density at radius 3 is 2.29 bits per heavy atom. The largest absolute Gasteiger partial charge is 0.478 e. The molecular formula is C33H38N4O9S2. The molecule has 0 fully saturated rings. The summed E-state index contributed by atoms with van der Waals surface area (Å²) in [6.07, 6.45) is 8.55. The smallest absolute Gasteiger partial charge is 0.336 e. The molecule has 1 aliphatic rings. The van der Waals surface area contributed by atoms with Gasteiger partial charge in [0.2, 0.25) is 20.0 Å².